The minimum Gasteiger partial charge on any atom is -0.352 e. The van der Waals surface area contributed by atoms with Gasteiger partial charge in [-0.1, -0.05) is 42.0 Å². The minimum atomic E-state index is -0.118. The van der Waals surface area contributed by atoms with Crippen molar-refractivity contribution < 1.29 is 4.79 Å². The summed E-state index contributed by atoms with van der Waals surface area (Å²) in [5.74, 6) is -0.0865. The monoisotopic (exact) mass is 321 g/mol. The van der Waals surface area contributed by atoms with Crippen molar-refractivity contribution in [3.05, 3.63) is 76.3 Å². The topological polar surface area (TPSA) is 64.0 Å². The molecule has 3 rings (SSSR count). The van der Waals surface area contributed by atoms with Gasteiger partial charge in [-0.3, -0.25) is 14.2 Å². The number of hydrogen-bond donors (Lipinski definition) is 1. The summed E-state index contributed by atoms with van der Waals surface area (Å²) < 4.78 is 1.48. The Morgan fingerprint density at radius 2 is 2.00 bits per heavy atom. The smallest absolute Gasteiger partial charge is 0.261 e. The molecule has 24 heavy (non-hydrogen) atoms. The number of amides is 1. The van der Waals surface area contributed by atoms with Gasteiger partial charge in [-0.25, -0.2) is 4.98 Å². The van der Waals surface area contributed by atoms with Gasteiger partial charge >= 0.3 is 0 Å². The number of fused-ring (bicyclic) bond motifs is 1. The van der Waals surface area contributed by atoms with Crippen molar-refractivity contribution in [1.29, 1.82) is 0 Å². The minimum absolute atomic E-state index is 0.0865. The fraction of sp³-hybridized carbons (Fsp3) is 0.211. The number of para-hydroxylation sites is 1. The molecule has 5 heteroatoms. The van der Waals surface area contributed by atoms with Crippen LogP contribution in [0.25, 0.3) is 10.9 Å². The van der Waals surface area contributed by atoms with Crippen LogP contribution in [0.1, 0.15) is 17.5 Å². The Morgan fingerprint density at radius 1 is 1.17 bits per heavy atom. The average molecular weight is 321 g/mol. The molecule has 0 saturated heterocycles. The van der Waals surface area contributed by atoms with Gasteiger partial charge in [-0.05, 0) is 24.6 Å². The third-order valence-corrected chi connectivity index (χ3v) is 3.88. The Bertz CT molecular complexity index is 931. The van der Waals surface area contributed by atoms with E-state index in [1.807, 2.05) is 43.3 Å². The summed E-state index contributed by atoms with van der Waals surface area (Å²) in [6.07, 6.45) is 1.74. The predicted octanol–water partition coefficient (Wildman–Crippen LogP) is 2.41. The van der Waals surface area contributed by atoms with Crippen molar-refractivity contribution >= 4 is 16.8 Å². The summed E-state index contributed by atoms with van der Waals surface area (Å²) in [5, 5.41) is 3.45. The Balaban J connectivity index is 1.60. The number of nitrogens with one attached hydrogen (secondary N) is 1. The largest absolute Gasteiger partial charge is 0.352 e. The van der Waals surface area contributed by atoms with Crippen LogP contribution in [0, 0.1) is 6.92 Å². The molecular weight excluding hydrogens is 302 g/mol. The molecule has 0 atom stereocenters. The summed E-state index contributed by atoms with van der Waals surface area (Å²) in [6, 6.07) is 15.2. The Hall–Kier alpha value is -2.95. The highest BCUT2D eigenvalue weighted by molar-refractivity contribution is 5.77. The second-order valence-electron chi connectivity index (χ2n) is 5.78. The van der Waals surface area contributed by atoms with Crippen molar-refractivity contribution in [2.45, 2.75) is 26.4 Å². The molecule has 0 aliphatic heterocycles. The van der Waals surface area contributed by atoms with E-state index < -0.39 is 0 Å². The van der Waals surface area contributed by atoms with Crippen molar-refractivity contribution in [2.75, 3.05) is 0 Å². The zero-order chi connectivity index (χ0) is 16.9. The standard InChI is InChI=1S/C19H19N3O2/c1-14-5-4-6-15(11-14)12-20-18(23)9-10-22-13-21-17-8-3-2-7-16(17)19(22)24/h2-8,11,13H,9-10,12H2,1H3,(H,20,23). The van der Waals surface area contributed by atoms with Crippen LogP contribution < -0.4 is 10.9 Å². The summed E-state index contributed by atoms with van der Waals surface area (Å²) in [5.41, 5.74) is 2.78. The van der Waals surface area contributed by atoms with Crippen molar-refractivity contribution in [3.63, 3.8) is 0 Å². The number of carbonyl (C=O) groups is 1. The maximum Gasteiger partial charge on any atom is 0.261 e. The van der Waals surface area contributed by atoms with Crippen LogP contribution in [0.4, 0.5) is 0 Å². The molecule has 1 heterocycles. The van der Waals surface area contributed by atoms with E-state index in [2.05, 4.69) is 10.3 Å². The maximum absolute atomic E-state index is 12.3. The van der Waals surface area contributed by atoms with Gasteiger partial charge in [0.15, 0.2) is 0 Å². The van der Waals surface area contributed by atoms with Crippen LogP contribution in [0.3, 0.4) is 0 Å². The van der Waals surface area contributed by atoms with Crippen LogP contribution >= 0.6 is 0 Å². The maximum atomic E-state index is 12.3. The molecule has 0 unspecified atom stereocenters. The Kier molecular flexibility index (Phi) is 4.70. The van der Waals surface area contributed by atoms with E-state index in [1.54, 1.807) is 12.1 Å². The predicted molar refractivity (Wildman–Crippen MR) is 93.6 cm³/mol. The first-order chi connectivity index (χ1) is 11.6. The van der Waals surface area contributed by atoms with Crippen LogP contribution in [0.15, 0.2) is 59.7 Å². The van der Waals surface area contributed by atoms with E-state index >= 15 is 0 Å². The van der Waals surface area contributed by atoms with Gasteiger partial charge < -0.3 is 5.32 Å². The lowest BCUT2D eigenvalue weighted by atomic mass is 10.1. The van der Waals surface area contributed by atoms with Gasteiger partial charge in [-0.2, -0.15) is 0 Å². The van der Waals surface area contributed by atoms with E-state index in [4.69, 9.17) is 0 Å². The van der Waals surface area contributed by atoms with Crippen molar-refractivity contribution in [3.8, 4) is 0 Å². The van der Waals surface area contributed by atoms with Gasteiger partial charge in [0.25, 0.3) is 5.56 Å². The van der Waals surface area contributed by atoms with Crippen LogP contribution in [0.5, 0.6) is 0 Å². The van der Waals surface area contributed by atoms with Crippen LogP contribution in [-0.2, 0) is 17.9 Å². The number of nitrogens with zero attached hydrogens (tertiary/aromatic N) is 2. The molecule has 0 bridgehead atoms. The molecule has 1 aromatic heterocycles. The molecule has 1 N–H and O–H groups in total. The summed E-state index contributed by atoms with van der Waals surface area (Å²) in [6.45, 7) is 2.83. The van der Waals surface area contributed by atoms with E-state index in [0.717, 1.165) is 11.1 Å². The van der Waals surface area contributed by atoms with Crippen molar-refractivity contribution in [2.24, 2.45) is 0 Å². The normalized spacial score (nSPS) is 10.7. The molecule has 0 radical (unpaired) electrons. The van der Waals surface area contributed by atoms with Gasteiger partial charge in [0, 0.05) is 19.5 Å². The third-order valence-electron chi connectivity index (χ3n) is 3.88. The SMILES string of the molecule is Cc1cccc(CNC(=O)CCn2cnc3ccccc3c2=O)c1. The van der Waals surface area contributed by atoms with Crippen LogP contribution in [0.2, 0.25) is 0 Å². The van der Waals surface area contributed by atoms with Gasteiger partial charge in [0.1, 0.15) is 0 Å². The zero-order valence-corrected chi connectivity index (χ0v) is 13.5. The van der Waals surface area contributed by atoms with E-state index in [0.29, 0.717) is 24.0 Å². The second kappa shape index (κ2) is 7.08. The molecule has 122 valence electrons. The number of carbonyl (C=O) groups excluding carboxylic acids is 1. The number of aryl methyl sites for hydroxylation is 2. The molecule has 0 spiro atoms. The molecule has 0 saturated carbocycles. The zero-order valence-electron chi connectivity index (χ0n) is 13.5. The molecular formula is C19H19N3O2. The van der Waals surface area contributed by atoms with E-state index in [1.165, 1.54) is 10.9 Å². The molecule has 0 fully saturated rings. The Labute approximate surface area is 140 Å². The number of benzene rings is 2. The number of rotatable bonds is 5. The molecule has 3 aromatic rings. The second-order valence-corrected chi connectivity index (χ2v) is 5.78. The quantitative estimate of drug-likeness (QED) is 0.785. The fourth-order valence-electron chi connectivity index (χ4n) is 2.60. The lowest BCUT2D eigenvalue weighted by molar-refractivity contribution is -0.121. The Morgan fingerprint density at radius 3 is 2.83 bits per heavy atom. The molecule has 2 aromatic carbocycles. The number of aromatic nitrogens is 2. The highest BCUT2D eigenvalue weighted by Gasteiger charge is 2.06. The van der Waals surface area contributed by atoms with Gasteiger partial charge in [0.2, 0.25) is 5.91 Å². The average Bonchev–Trinajstić information content (AvgIpc) is 2.60. The van der Waals surface area contributed by atoms with E-state index in [9.17, 15) is 9.59 Å². The first-order valence-corrected chi connectivity index (χ1v) is 7.90. The first-order valence-electron chi connectivity index (χ1n) is 7.90. The highest BCUT2D eigenvalue weighted by Crippen LogP contribution is 2.05. The molecule has 1 amide bonds. The lowest BCUT2D eigenvalue weighted by Crippen LogP contribution is -2.27. The van der Waals surface area contributed by atoms with Gasteiger partial charge in [0.05, 0.1) is 17.2 Å². The fourth-order valence-corrected chi connectivity index (χ4v) is 2.60. The van der Waals surface area contributed by atoms with Gasteiger partial charge in [-0.15, -0.1) is 0 Å². The summed E-state index contributed by atoms with van der Waals surface area (Å²) in [7, 11) is 0. The van der Waals surface area contributed by atoms with E-state index in [-0.39, 0.29) is 17.9 Å². The highest BCUT2D eigenvalue weighted by atomic mass is 16.1. The third kappa shape index (κ3) is 3.68. The molecule has 5 nitrogen and oxygen atoms in total. The molecule has 0 aliphatic rings. The van der Waals surface area contributed by atoms with Crippen LogP contribution in [-0.4, -0.2) is 15.5 Å². The summed E-state index contributed by atoms with van der Waals surface area (Å²) in [4.78, 5) is 28.6. The number of hydrogen-bond acceptors (Lipinski definition) is 3. The summed E-state index contributed by atoms with van der Waals surface area (Å²) >= 11 is 0. The lowest BCUT2D eigenvalue weighted by Gasteiger charge is -2.08. The molecule has 0 aliphatic carbocycles. The first kappa shape index (κ1) is 15.9. The van der Waals surface area contributed by atoms with Crippen molar-refractivity contribution in [1.82, 2.24) is 14.9 Å².